The third-order valence-electron chi connectivity index (χ3n) is 3.82. The van der Waals surface area contributed by atoms with E-state index in [4.69, 9.17) is 16.3 Å². The van der Waals surface area contributed by atoms with Crippen molar-refractivity contribution < 1.29 is 9.53 Å². The zero-order chi connectivity index (χ0) is 16.4. The van der Waals surface area contributed by atoms with Gasteiger partial charge in [-0.25, -0.2) is 0 Å². The summed E-state index contributed by atoms with van der Waals surface area (Å²) in [5, 5.41) is 0.753. The fraction of sp³-hybridized carbons (Fsp3) is 0.632. The van der Waals surface area contributed by atoms with Gasteiger partial charge in [0.2, 0.25) is 0 Å². The minimum absolute atomic E-state index is 0.224. The molecule has 2 atom stereocenters. The molecule has 0 aliphatic carbocycles. The molecule has 0 radical (unpaired) electrons. The molecule has 0 heterocycles. The molecule has 124 valence electrons. The van der Waals surface area contributed by atoms with Gasteiger partial charge in [-0.1, -0.05) is 50.9 Å². The van der Waals surface area contributed by atoms with Crippen LogP contribution >= 0.6 is 11.6 Å². The van der Waals surface area contributed by atoms with E-state index in [0.717, 1.165) is 49.2 Å². The number of aldehydes is 1. The number of rotatable bonds is 11. The highest BCUT2D eigenvalue weighted by atomic mass is 35.5. The predicted octanol–water partition coefficient (Wildman–Crippen LogP) is 5.52. The van der Waals surface area contributed by atoms with Crippen molar-refractivity contribution in [3.63, 3.8) is 0 Å². The summed E-state index contributed by atoms with van der Waals surface area (Å²) >= 11 is 5.86. The molecule has 1 aromatic carbocycles. The minimum atomic E-state index is 0.224. The number of benzene rings is 1. The van der Waals surface area contributed by atoms with Gasteiger partial charge in [0.05, 0.1) is 6.61 Å². The van der Waals surface area contributed by atoms with E-state index in [1.165, 1.54) is 0 Å². The maximum absolute atomic E-state index is 11.0. The van der Waals surface area contributed by atoms with Gasteiger partial charge in [0.15, 0.2) is 0 Å². The summed E-state index contributed by atoms with van der Waals surface area (Å²) in [4.78, 5) is 11.0. The number of carbonyl (C=O) groups is 1. The molecular formula is C19H29ClO2. The van der Waals surface area contributed by atoms with Crippen molar-refractivity contribution in [3.05, 3.63) is 34.9 Å². The van der Waals surface area contributed by atoms with Crippen LogP contribution in [0.25, 0.3) is 0 Å². The van der Waals surface area contributed by atoms with Gasteiger partial charge >= 0.3 is 0 Å². The molecule has 0 spiro atoms. The van der Waals surface area contributed by atoms with Gasteiger partial charge in [-0.3, -0.25) is 0 Å². The van der Waals surface area contributed by atoms with Gasteiger partial charge in [0, 0.05) is 17.5 Å². The Bertz CT molecular complexity index is 414. The largest absolute Gasteiger partial charge is 0.376 e. The smallest absolute Gasteiger partial charge is 0.123 e. The average molecular weight is 325 g/mol. The van der Waals surface area contributed by atoms with Crippen molar-refractivity contribution >= 4 is 17.9 Å². The standard InChI is InChI=1S/C19H29ClO2/c1-15(2)11-18(12-21)6-4-5-16(3)13-22-14-17-7-9-19(20)10-8-17/h7-10,12,15-16,18H,4-6,11,13-14H2,1-3H3/t16-,18?/m1/s1. The van der Waals surface area contributed by atoms with Gasteiger partial charge in [0.1, 0.15) is 6.29 Å². The zero-order valence-electron chi connectivity index (χ0n) is 14.1. The number of halogens is 1. The van der Waals surface area contributed by atoms with Gasteiger partial charge in [-0.15, -0.1) is 0 Å². The zero-order valence-corrected chi connectivity index (χ0v) is 14.8. The van der Waals surface area contributed by atoms with E-state index in [1.807, 2.05) is 24.3 Å². The second kappa shape index (κ2) is 10.8. The van der Waals surface area contributed by atoms with Crippen LogP contribution in [0.4, 0.5) is 0 Å². The molecular weight excluding hydrogens is 296 g/mol. The quantitative estimate of drug-likeness (QED) is 0.501. The van der Waals surface area contributed by atoms with Gasteiger partial charge in [-0.05, 0) is 48.8 Å². The molecule has 0 saturated heterocycles. The molecule has 1 unspecified atom stereocenters. The van der Waals surface area contributed by atoms with Crippen LogP contribution in [0.1, 0.15) is 52.0 Å². The van der Waals surface area contributed by atoms with E-state index in [2.05, 4.69) is 20.8 Å². The van der Waals surface area contributed by atoms with E-state index in [-0.39, 0.29) is 5.92 Å². The number of hydrogen-bond donors (Lipinski definition) is 0. The Kier molecular flexibility index (Phi) is 9.42. The molecule has 0 N–H and O–H groups in total. The van der Waals surface area contributed by atoms with Crippen LogP contribution in [0.15, 0.2) is 24.3 Å². The van der Waals surface area contributed by atoms with E-state index in [0.29, 0.717) is 18.4 Å². The van der Waals surface area contributed by atoms with Crippen LogP contribution in [-0.4, -0.2) is 12.9 Å². The van der Waals surface area contributed by atoms with Crippen LogP contribution in [-0.2, 0) is 16.1 Å². The normalized spacial score (nSPS) is 14.0. The highest BCUT2D eigenvalue weighted by Gasteiger charge is 2.11. The maximum atomic E-state index is 11.0. The molecule has 2 nitrogen and oxygen atoms in total. The fourth-order valence-corrected chi connectivity index (χ4v) is 2.74. The summed E-state index contributed by atoms with van der Waals surface area (Å²) in [5.74, 6) is 1.34. The molecule has 0 saturated carbocycles. The maximum Gasteiger partial charge on any atom is 0.123 e. The van der Waals surface area contributed by atoms with E-state index in [9.17, 15) is 4.79 Å². The highest BCUT2D eigenvalue weighted by molar-refractivity contribution is 6.30. The number of ether oxygens (including phenoxy) is 1. The van der Waals surface area contributed by atoms with Crippen molar-refractivity contribution in [2.45, 2.75) is 53.1 Å². The van der Waals surface area contributed by atoms with Gasteiger partial charge < -0.3 is 9.53 Å². The average Bonchev–Trinajstić information content (AvgIpc) is 2.48. The molecule has 0 aromatic heterocycles. The van der Waals surface area contributed by atoms with Crippen molar-refractivity contribution in [2.75, 3.05) is 6.61 Å². The first-order valence-electron chi connectivity index (χ1n) is 8.28. The lowest BCUT2D eigenvalue weighted by atomic mass is 9.92. The summed E-state index contributed by atoms with van der Waals surface area (Å²) in [7, 11) is 0. The van der Waals surface area contributed by atoms with Crippen molar-refractivity contribution in [3.8, 4) is 0 Å². The Morgan fingerprint density at radius 3 is 2.41 bits per heavy atom. The molecule has 0 amide bonds. The highest BCUT2D eigenvalue weighted by Crippen LogP contribution is 2.18. The first-order valence-corrected chi connectivity index (χ1v) is 8.66. The summed E-state index contributed by atoms with van der Waals surface area (Å²) in [6, 6.07) is 7.76. The first-order chi connectivity index (χ1) is 10.5. The minimum Gasteiger partial charge on any atom is -0.376 e. The third kappa shape index (κ3) is 8.55. The van der Waals surface area contributed by atoms with E-state index >= 15 is 0 Å². The molecule has 0 aliphatic rings. The third-order valence-corrected chi connectivity index (χ3v) is 4.07. The summed E-state index contributed by atoms with van der Waals surface area (Å²) in [6.45, 7) is 7.94. The first kappa shape index (κ1) is 19.2. The van der Waals surface area contributed by atoms with Crippen molar-refractivity contribution in [2.24, 2.45) is 17.8 Å². The predicted molar refractivity (Wildman–Crippen MR) is 93.1 cm³/mol. The Balaban J connectivity index is 2.14. The lowest BCUT2D eigenvalue weighted by Gasteiger charge is -2.15. The second-order valence-corrected chi connectivity index (χ2v) is 7.14. The monoisotopic (exact) mass is 324 g/mol. The van der Waals surface area contributed by atoms with E-state index < -0.39 is 0 Å². The molecule has 3 heteroatoms. The Morgan fingerprint density at radius 1 is 1.14 bits per heavy atom. The summed E-state index contributed by atoms with van der Waals surface area (Å²) in [6.07, 6.45) is 5.35. The molecule has 0 aliphatic heterocycles. The van der Waals surface area contributed by atoms with Crippen LogP contribution in [0.5, 0.6) is 0 Å². The Hall–Kier alpha value is -0.860. The summed E-state index contributed by atoms with van der Waals surface area (Å²) < 4.78 is 5.76. The molecule has 0 bridgehead atoms. The van der Waals surface area contributed by atoms with Crippen LogP contribution in [0.3, 0.4) is 0 Å². The Morgan fingerprint density at radius 2 is 1.82 bits per heavy atom. The SMILES string of the molecule is CC(C)CC(C=O)CCC[C@@H](C)COCc1ccc(Cl)cc1. The molecule has 1 aromatic rings. The number of hydrogen-bond acceptors (Lipinski definition) is 2. The van der Waals surface area contributed by atoms with Gasteiger partial charge in [0.25, 0.3) is 0 Å². The summed E-state index contributed by atoms with van der Waals surface area (Å²) in [5.41, 5.74) is 1.15. The van der Waals surface area contributed by atoms with Crippen LogP contribution < -0.4 is 0 Å². The topological polar surface area (TPSA) is 26.3 Å². The van der Waals surface area contributed by atoms with Crippen LogP contribution in [0, 0.1) is 17.8 Å². The van der Waals surface area contributed by atoms with Crippen LogP contribution in [0.2, 0.25) is 5.02 Å². The lowest BCUT2D eigenvalue weighted by molar-refractivity contribution is -0.111. The fourth-order valence-electron chi connectivity index (χ4n) is 2.62. The van der Waals surface area contributed by atoms with Crippen molar-refractivity contribution in [1.82, 2.24) is 0 Å². The molecule has 1 rings (SSSR count). The van der Waals surface area contributed by atoms with E-state index in [1.54, 1.807) is 0 Å². The molecule has 22 heavy (non-hydrogen) atoms. The number of carbonyl (C=O) groups excluding carboxylic acids is 1. The Labute approximate surface area is 140 Å². The lowest BCUT2D eigenvalue weighted by Crippen LogP contribution is -2.09. The molecule has 0 fully saturated rings. The van der Waals surface area contributed by atoms with Crippen molar-refractivity contribution in [1.29, 1.82) is 0 Å². The second-order valence-electron chi connectivity index (χ2n) is 6.70. The van der Waals surface area contributed by atoms with Gasteiger partial charge in [-0.2, -0.15) is 0 Å².